The predicted molar refractivity (Wildman–Crippen MR) is 170 cm³/mol. The number of benzene rings is 2. The van der Waals surface area contributed by atoms with Crippen LogP contribution >= 0.6 is 22.9 Å². The molecule has 0 saturated carbocycles. The molecule has 2 aromatic carbocycles. The molecule has 4 heterocycles. The van der Waals surface area contributed by atoms with Gasteiger partial charge in [0.15, 0.2) is 5.82 Å². The number of unbranched alkanes of at least 4 members (excludes halogenated alkanes) is 1. The topological polar surface area (TPSA) is 90.9 Å². The Morgan fingerprint density at radius 2 is 2.05 bits per heavy atom. The average Bonchev–Trinajstić information content (AvgIpc) is 3.66. The average molecular weight is 609 g/mol. The van der Waals surface area contributed by atoms with Crippen molar-refractivity contribution in [2.24, 2.45) is 0 Å². The van der Waals surface area contributed by atoms with Gasteiger partial charge in [0.25, 0.3) is 0 Å². The fourth-order valence-electron chi connectivity index (χ4n) is 5.97. The minimum atomic E-state index is -0.641. The van der Waals surface area contributed by atoms with Crippen LogP contribution in [-0.2, 0) is 6.42 Å². The van der Waals surface area contributed by atoms with Crippen molar-refractivity contribution in [2.75, 3.05) is 30.7 Å². The SMILES string of the molecule is C=C1CC2CCCN2C1.CCCCNc1nc(CC)nc2c(F)c(-c3ccc(F)c4sc(N)c(C#N)c34)c(Cl)c(C)c12. The number of nitrogens with zero attached hydrogens (tertiary/aromatic N) is 4. The highest BCUT2D eigenvalue weighted by Gasteiger charge is 2.30. The first kappa shape index (κ1) is 30.1. The molecule has 0 amide bonds. The molecule has 0 bridgehead atoms. The Hall–Kier alpha value is -3.32. The zero-order valence-electron chi connectivity index (χ0n) is 24.2. The van der Waals surface area contributed by atoms with Gasteiger partial charge in [-0.05, 0) is 56.3 Å². The molecule has 0 aliphatic carbocycles. The molecular weight excluding hydrogens is 574 g/mol. The van der Waals surface area contributed by atoms with Crippen molar-refractivity contribution in [3.05, 3.63) is 57.9 Å². The van der Waals surface area contributed by atoms with Crippen LogP contribution < -0.4 is 11.1 Å². The van der Waals surface area contributed by atoms with Crippen molar-refractivity contribution < 1.29 is 8.78 Å². The molecule has 0 spiro atoms. The highest BCUT2D eigenvalue weighted by atomic mass is 35.5. The number of rotatable bonds is 6. The van der Waals surface area contributed by atoms with Crippen LogP contribution in [0.15, 0.2) is 24.3 Å². The fourth-order valence-corrected chi connectivity index (χ4v) is 7.20. The van der Waals surface area contributed by atoms with E-state index in [0.717, 1.165) is 30.2 Å². The molecule has 2 saturated heterocycles. The van der Waals surface area contributed by atoms with Gasteiger partial charge in [-0.3, -0.25) is 4.90 Å². The lowest BCUT2D eigenvalue weighted by atomic mass is 9.95. The smallest absolute Gasteiger partial charge is 0.158 e. The number of nitriles is 1. The van der Waals surface area contributed by atoms with E-state index in [1.807, 2.05) is 13.0 Å². The van der Waals surface area contributed by atoms with Crippen molar-refractivity contribution in [1.82, 2.24) is 14.9 Å². The second-order valence-corrected chi connectivity index (χ2v) is 12.4. The molecule has 1 unspecified atom stereocenters. The van der Waals surface area contributed by atoms with Crippen molar-refractivity contribution in [2.45, 2.75) is 65.3 Å². The molecule has 2 fully saturated rings. The molecule has 3 N–H and O–H groups in total. The van der Waals surface area contributed by atoms with E-state index in [1.165, 1.54) is 50.1 Å². The monoisotopic (exact) mass is 608 g/mol. The number of halogens is 3. The van der Waals surface area contributed by atoms with Gasteiger partial charge in [0.2, 0.25) is 0 Å². The van der Waals surface area contributed by atoms with Crippen LogP contribution in [0.2, 0.25) is 5.02 Å². The van der Waals surface area contributed by atoms with E-state index in [2.05, 4.69) is 33.7 Å². The van der Waals surface area contributed by atoms with Crippen molar-refractivity contribution in [3.8, 4) is 17.2 Å². The van der Waals surface area contributed by atoms with Gasteiger partial charge in [-0.15, -0.1) is 11.3 Å². The van der Waals surface area contributed by atoms with Gasteiger partial charge in [-0.25, -0.2) is 18.7 Å². The van der Waals surface area contributed by atoms with Crippen molar-refractivity contribution >= 4 is 54.7 Å². The maximum atomic E-state index is 16.1. The van der Waals surface area contributed by atoms with E-state index >= 15 is 4.39 Å². The van der Waals surface area contributed by atoms with E-state index in [1.54, 1.807) is 6.92 Å². The second kappa shape index (κ2) is 12.5. The molecule has 2 aliphatic heterocycles. The van der Waals surface area contributed by atoms with Crippen LogP contribution in [0.1, 0.15) is 62.9 Å². The van der Waals surface area contributed by atoms with Crippen LogP contribution in [0, 0.1) is 29.9 Å². The van der Waals surface area contributed by atoms with Crippen LogP contribution in [0.5, 0.6) is 0 Å². The van der Waals surface area contributed by atoms with Gasteiger partial charge >= 0.3 is 0 Å². The number of anilines is 2. The normalized spacial score (nSPS) is 16.5. The summed E-state index contributed by atoms with van der Waals surface area (Å²) in [5.41, 5.74) is 8.63. The molecule has 1 atom stereocenters. The van der Waals surface area contributed by atoms with Crippen molar-refractivity contribution in [1.29, 1.82) is 5.26 Å². The summed E-state index contributed by atoms with van der Waals surface area (Å²) in [7, 11) is 0. The quantitative estimate of drug-likeness (QED) is 0.169. The Labute approximate surface area is 254 Å². The first-order valence-electron chi connectivity index (χ1n) is 14.4. The summed E-state index contributed by atoms with van der Waals surface area (Å²) in [6.07, 6.45) is 6.57. The fraction of sp³-hybridized carbons (Fsp3) is 0.406. The highest BCUT2D eigenvalue weighted by molar-refractivity contribution is 7.23. The number of hydrogen-bond acceptors (Lipinski definition) is 7. The maximum Gasteiger partial charge on any atom is 0.158 e. The van der Waals surface area contributed by atoms with E-state index in [0.29, 0.717) is 41.1 Å². The van der Waals surface area contributed by atoms with Crippen LogP contribution in [0.3, 0.4) is 0 Å². The Bertz CT molecular complexity index is 1710. The van der Waals surface area contributed by atoms with E-state index in [-0.39, 0.29) is 36.8 Å². The molecular formula is C32H35ClF2N6S. The van der Waals surface area contributed by atoms with Gasteiger partial charge in [-0.2, -0.15) is 5.26 Å². The van der Waals surface area contributed by atoms with Crippen molar-refractivity contribution in [3.63, 3.8) is 0 Å². The molecule has 2 aliphatic rings. The standard InChI is InChI=1S/C24H22ClF2N5S.C8H13N/c1-4-6-9-30-24-16-11(3)19(25)18(20(27)21(16)31-15(5-2)32-24)12-7-8-14(26)22-17(12)13(10-28)23(29)33-22;1-7-5-8-3-2-4-9(8)6-7/h7-8H,4-6,9,29H2,1-3H3,(H,30,31,32);8H,1-6H2. The molecule has 42 heavy (non-hydrogen) atoms. The Morgan fingerprint density at radius 1 is 1.26 bits per heavy atom. The molecule has 220 valence electrons. The zero-order chi connectivity index (χ0) is 30.1. The zero-order valence-corrected chi connectivity index (χ0v) is 25.8. The second-order valence-electron chi connectivity index (χ2n) is 10.9. The largest absolute Gasteiger partial charge is 0.389 e. The first-order chi connectivity index (χ1) is 20.2. The van der Waals surface area contributed by atoms with E-state index < -0.39 is 11.6 Å². The molecule has 6 nitrogen and oxygen atoms in total. The summed E-state index contributed by atoms with van der Waals surface area (Å²) in [5, 5.41) is 14.0. The van der Waals surface area contributed by atoms with Gasteiger partial charge in [0, 0.05) is 36.5 Å². The third-order valence-electron chi connectivity index (χ3n) is 8.09. The lowest BCUT2D eigenvalue weighted by Gasteiger charge is -2.17. The van der Waals surface area contributed by atoms with Gasteiger partial charge in [-0.1, -0.05) is 50.1 Å². The maximum absolute atomic E-state index is 16.1. The number of nitrogens with one attached hydrogen (secondary N) is 1. The van der Waals surface area contributed by atoms with Gasteiger partial charge in [0.05, 0.1) is 20.7 Å². The predicted octanol–water partition coefficient (Wildman–Crippen LogP) is 8.39. The lowest BCUT2D eigenvalue weighted by molar-refractivity contribution is 0.327. The molecule has 4 aromatic rings. The summed E-state index contributed by atoms with van der Waals surface area (Å²) in [6.45, 7) is 13.0. The van der Waals surface area contributed by atoms with Gasteiger partial charge in [0.1, 0.15) is 34.0 Å². The molecule has 6 rings (SSSR count). The third kappa shape index (κ3) is 5.44. The van der Waals surface area contributed by atoms with Crippen LogP contribution in [0.25, 0.3) is 32.1 Å². The summed E-state index contributed by atoms with van der Waals surface area (Å²) >= 11 is 7.69. The minimum Gasteiger partial charge on any atom is -0.389 e. The number of aryl methyl sites for hydroxylation is 2. The summed E-state index contributed by atoms with van der Waals surface area (Å²) in [6, 6.07) is 5.58. The summed E-state index contributed by atoms with van der Waals surface area (Å²) in [5.74, 6) is -0.136. The summed E-state index contributed by atoms with van der Waals surface area (Å²) in [4.78, 5) is 11.6. The number of nitrogens with two attached hydrogens (primary N) is 1. The third-order valence-corrected chi connectivity index (χ3v) is 9.59. The number of fused-ring (bicyclic) bond motifs is 3. The number of nitrogen functional groups attached to an aromatic ring is 1. The molecule has 10 heteroatoms. The first-order valence-corrected chi connectivity index (χ1v) is 15.6. The van der Waals surface area contributed by atoms with Crippen LogP contribution in [0.4, 0.5) is 19.6 Å². The number of hydrogen-bond donors (Lipinski definition) is 2. The van der Waals surface area contributed by atoms with E-state index in [4.69, 9.17) is 17.3 Å². The number of thiophene rings is 1. The minimum absolute atomic E-state index is 0.0706. The number of aromatic nitrogens is 2. The van der Waals surface area contributed by atoms with Gasteiger partial charge < -0.3 is 11.1 Å². The molecule has 0 radical (unpaired) electrons. The molecule has 2 aromatic heterocycles. The Morgan fingerprint density at radius 3 is 2.74 bits per heavy atom. The Balaban J connectivity index is 0.000000330. The summed E-state index contributed by atoms with van der Waals surface area (Å²) < 4.78 is 30.9. The lowest BCUT2D eigenvalue weighted by Crippen LogP contribution is -2.21. The van der Waals surface area contributed by atoms with Crippen LogP contribution in [-0.4, -0.2) is 40.5 Å². The highest BCUT2D eigenvalue weighted by Crippen LogP contribution is 2.46. The van der Waals surface area contributed by atoms with E-state index in [9.17, 15) is 9.65 Å². The Kier molecular flexibility index (Phi) is 8.97.